The van der Waals surface area contributed by atoms with Crippen LogP contribution in [0.1, 0.15) is 45.8 Å². The van der Waals surface area contributed by atoms with Gasteiger partial charge in [-0.1, -0.05) is 6.42 Å². The molecule has 0 unspecified atom stereocenters. The number of rotatable bonds is 3. The first kappa shape index (κ1) is 11.8. The molecule has 1 aromatic heterocycles. The number of aryl methyl sites for hydroxylation is 1. The van der Waals surface area contributed by atoms with E-state index in [9.17, 15) is 9.59 Å². The predicted octanol–water partition coefficient (Wildman–Crippen LogP) is 0.661. The molecule has 6 heteroatoms. The number of aromatic amines is 1. The van der Waals surface area contributed by atoms with Gasteiger partial charge in [-0.3, -0.25) is 20.1 Å². The summed E-state index contributed by atoms with van der Waals surface area (Å²) in [7, 11) is 0. The van der Waals surface area contributed by atoms with Crippen LogP contribution in [0.25, 0.3) is 0 Å². The van der Waals surface area contributed by atoms with Crippen molar-refractivity contribution in [2.45, 2.75) is 26.2 Å². The Bertz CT molecular complexity index is 421. The molecule has 6 nitrogen and oxygen atoms in total. The minimum Gasteiger partial charge on any atom is -0.296 e. The third-order valence-corrected chi connectivity index (χ3v) is 2.93. The number of aromatic nitrogens is 2. The molecule has 1 aliphatic heterocycles. The van der Waals surface area contributed by atoms with E-state index >= 15 is 0 Å². The Balaban J connectivity index is 2.08. The first-order valence-corrected chi connectivity index (χ1v) is 5.78. The number of nitrogens with zero attached hydrogens (tertiary/aromatic N) is 2. The monoisotopic (exact) mass is 236 g/mol. The van der Waals surface area contributed by atoms with E-state index in [4.69, 9.17) is 0 Å². The van der Waals surface area contributed by atoms with Crippen LogP contribution in [-0.4, -0.2) is 40.5 Å². The number of aldehydes is 1. The zero-order valence-electron chi connectivity index (χ0n) is 9.82. The first-order valence-electron chi connectivity index (χ1n) is 5.78. The van der Waals surface area contributed by atoms with Gasteiger partial charge >= 0.3 is 0 Å². The van der Waals surface area contributed by atoms with Gasteiger partial charge in [0.25, 0.3) is 5.91 Å². The molecular formula is C11H16N4O2. The molecule has 0 saturated carbocycles. The molecule has 1 saturated heterocycles. The van der Waals surface area contributed by atoms with Crippen LogP contribution in [0, 0.1) is 6.92 Å². The minimum absolute atomic E-state index is 0.164. The van der Waals surface area contributed by atoms with Crippen molar-refractivity contribution in [2.24, 2.45) is 0 Å². The third-order valence-electron chi connectivity index (χ3n) is 2.93. The van der Waals surface area contributed by atoms with Crippen LogP contribution in [0.15, 0.2) is 0 Å². The largest absolute Gasteiger partial charge is 0.296 e. The number of H-pyrrole nitrogens is 1. The van der Waals surface area contributed by atoms with Crippen LogP contribution in [-0.2, 0) is 0 Å². The Hall–Kier alpha value is -1.69. The van der Waals surface area contributed by atoms with E-state index in [2.05, 4.69) is 15.6 Å². The summed E-state index contributed by atoms with van der Waals surface area (Å²) in [5.74, 6) is -0.264. The number of carbonyl (C=O) groups is 2. The molecule has 0 aromatic carbocycles. The predicted molar refractivity (Wildman–Crippen MR) is 61.6 cm³/mol. The fraction of sp³-hybridized carbons (Fsp3) is 0.545. The lowest BCUT2D eigenvalue weighted by molar-refractivity contribution is 0.0747. The molecule has 1 fully saturated rings. The van der Waals surface area contributed by atoms with Gasteiger partial charge in [0.1, 0.15) is 5.69 Å². The number of carbonyl (C=O) groups excluding carboxylic acids is 2. The maximum atomic E-state index is 12.0. The highest BCUT2D eigenvalue weighted by atomic mass is 16.2. The molecule has 2 rings (SSSR count). The number of amides is 1. The van der Waals surface area contributed by atoms with Crippen LogP contribution in [0.3, 0.4) is 0 Å². The van der Waals surface area contributed by atoms with Gasteiger partial charge in [-0.2, -0.15) is 5.10 Å². The molecule has 0 aliphatic carbocycles. The fourth-order valence-corrected chi connectivity index (χ4v) is 2.03. The second-order valence-electron chi connectivity index (χ2n) is 4.22. The molecule has 0 atom stereocenters. The molecule has 1 amide bonds. The maximum Gasteiger partial charge on any atom is 0.269 e. The smallest absolute Gasteiger partial charge is 0.269 e. The van der Waals surface area contributed by atoms with E-state index in [0.717, 1.165) is 25.9 Å². The number of hydrogen-bond donors (Lipinski definition) is 2. The summed E-state index contributed by atoms with van der Waals surface area (Å²) in [6.07, 6.45) is 3.97. The molecule has 0 bridgehead atoms. The Kier molecular flexibility index (Phi) is 3.53. The van der Waals surface area contributed by atoms with Crippen molar-refractivity contribution in [1.82, 2.24) is 20.6 Å². The standard InChI is InChI=1S/C11H16N4O2/c1-8-10(9(7-16)13-12-8)11(17)14-15-5-3-2-4-6-15/h7H,2-6H2,1H3,(H,12,13)(H,14,17). The van der Waals surface area contributed by atoms with Gasteiger partial charge in [0.05, 0.1) is 5.56 Å². The van der Waals surface area contributed by atoms with Crippen molar-refractivity contribution in [3.05, 3.63) is 17.0 Å². The van der Waals surface area contributed by atoms with Gasteiger partial charge in [0.15, 0.2) is 6.29 Å². The van der Waals surface area contributed by atoms with Crippen molar-refractivity contribution < 1.29 is 9.59 Å². The lowest BCUT2D eigenvalue weighted by Gasteiger charge is -2.26. The van der Waals surface area contributed by atoms with Crippen LogP contribution in [0.4, 0.5) is 0 Å². The average molecular weight is 236 g/mol. The molecule has 2 N–H and O–H groups in total. The first-order chi connectivity index (χ1) is 8.22. The number of piperidine rings is 1. The normalized spacial score (nSPS) is 16.8. The summed E-state index contributed by atoms with van der Waals surface area (Å²) < 4.78 is 0. The summed E-state index contributed by atoms with van der Waals surface area (Å²) in [5.41, 5.74) is 3.93. The lowest BCUT2D eigenvalue weighted by atomic mass is 10.1. The van der Waals surface area contributed by atoms with Crippen molar-refractivity contribution in [1.29, 1.82) is 0 Å². The molecule has 0 spiro atoms. The van der Waals surface area contributed by atoms with Crippen LogP contribution in [0.5, 0.6) is 0 Å². The average Bonchev–Trinajstić information content (AvgIpc) is 2.71. The maximum absolute atomic E-state index is 12.0. The van der Waals surface area contributed by atoms with E-state index in [1.807, 2.05) is 5.01 Å². The van der Waals surface area contributed by atoms with Crippen molar-refractivity contribution in [3.8, 4) is 0 Å². The van der Waals surface area contributed by atoms with Crippen LogP contribution in [0.2, 0.25) is 0 Å². The zero-order chi connectivity index (χ0) is 12.3. The highest BCUT2D eigenvalue weighted by Gasteiger charge is 2.20. The second kappa shape index (κ2) is 5.09. The Morgan fingerprint density at radius 2 is 2.12 bits per heavy atom. The molecule has 17 heavy (non-hydrogen) atoms. The molecule has 1 aromatic rings. The fourth-order valence-electron chi connectivity index (χ4n) is 2.03. The van der Waals surface area contributed by atoms with Crippen molar-refractivity contribution in [3.63, 3.8) is 0 Å². The van der Waals surface area contributed by atoms with Gasteiger partial charge < -0.3 is 0 Å². The van der Waals surface area contributed by atoms with Crippen molar-refractivity contribution in [2.75, 3.05) is 13.1 Å². The quantitative estimate of drug-likeness (QED) is 0.756. The summed E-state index contributed by atoms with van der Waals surface area (Å²) in [5, 5.41) is 8.32. The summed E-state index contributed by atoms with van der Waals surface area (Å²) >= 11 is 0. The van der Waals surface area contributed by atoms with Crippen molar-refractivity contribution >= 4 is 12.2 Å². The van der Waals surface area contributed by atoms with E-state index in [1.165, 1.54) is 6.42 Å². The lowest BCUT2D eigenvalue weighted by Crippen LogP contribution is -2.45. The molecule has 92 valence electrons. The zero-order valence-corrected chi connectivity index (χ0v) is 9.82. The Labute approximate surface area is 99.3 Å². The molecule has 1 aliphatic rings. The highest BCUT2D eigenvalue weighted by molar-refractivity contribution is 6.01. The second-order valence-corrected chi connectivity index (χ2v) is 4.22. The molecule has 0 radical (unpaired) electrons. The summed E-state index contributed by atoms with van der Waals surface area (Å²) in [4.78, 5) is 22.8. The SMILES string of the molecule is Cc1[nH]nc(C=O)c1C(=O)NN1CCCCC1. The third kappa shape index (κ3) is 2.52. The van der Waals surface area contributed by atoms with Gasteiger partial charge in [0, 0.05) is 18.8 Å². The van der Waals surface area contributed by atoms with Gasteiger partial charge in [0.2, 0.25) is 0 Å². The number of nitrogens with one attached hydrogen (secondary N) is 2. The van der Waals surface area contributed by atoms with Crippen LogP contribution >= 0.6 is 0 Å². The number of hydrazine groups is 1. The van der Waals surface area contributed by atoms with Gasteiger partial charge in [-0.05, 0) is 19.8 Å². The van der Waals surface area contributed by atoms with E-state index in [1.54, 1.807) is 6.92 Å². The van der Waals surface area contributed by atoms with Gasteiger partial charge in [-0.15, -0.1) is 0 Å². The van der Waals surface area contributed by atoms with E-state index in [0.29, 0.717) is 17.5 Å². The van der Waals surface area contributed by atoms with Gasteiger partial charge in [-0.25, -0.2) is 5.01 Å². The topological polar surface area (TPSA) is 78.1 Å². The highest BCUT2D eigenvalue weighted by Crippen LogP contribution is 2.10. The number of hydrogen-bond acceptors (Lipinski definition) is 4. The Morgan fingerprint density at radius 1 is 1.41 bits per heavy atom. The summed E-state index contributed by atoms with van der Waals surface area (Å²) in [6.45, 7) is 3.45. The van der Waals surface area contributed by atoms with E-state index in [-0.39, 0.29) is 11.6 Å². The summed E-state index contributed by atoms with van der Waals surface area (Å²) in [6, 6.07) is 0. The van der Waals surface area contributed by atoms with Crippen LogP contribution < -0.4 is 5.43 Å². The minimum atomic E-state index is -0.264. The van der Waals surface area contributed by atoms with E-state index < -0.39 is 0 Å². The Morgan fingerprint density at radius 3 is 2.76 bits per heavy atom. The molecular weight excluding hydrogens is 220 g/mol. The molecule has 2 heterocycles.